The second-order valence-corrected chi connectivity index (χ2v) is 2.83. The number of hydrogen-bond donors (Lipinski definition) is 4. The molecule has 0 heterocycles. The number of carbonyl (C=O) groups is 1. The van der Waals surface area contributed by atoms with Gasteiger partial charge in [0.25, 0.3) is 0 Å². The molecule has 1 rings (SSSR count). The highest BCUT2D eigenvalue weighted by Crippen LogP contribution is 2.25. The molecule has 5 heteroatoms. The van der Waals surface area contributed by atoms with Gasteiger partial charge in [0.1, 0.15) is 0 Å². The zero-order valence-electron chi connectivity index (χ0n) is 5.84. The van der Waals surface area contributed by atoms with Gasteiger partial charge in [0.05, 0.1) is 18.1 Å². The SMILES string of the molecule is NC1C[C@H](C(=O)O)C(O)C1O. The number of carboxylic acids is 1. The van der Waals surface area contributed by atoms with Crippen molar-refractivity contribution in [2.45, 2.75) is 24.7 Å². The Balaban J connectivity index is 2.67. The van der Waals surface area contributed by atoms with E-state index < -0.39 is 30.1 Å². The molecular weight excluding hydrogens is 150 g/mol. The first-order valence-electron chi connectivity index (χ1n) is 3.38. The summed E-state index contributed by atoms with van der Waals surface area (Å²) < 4.78 is 0. The van der Waals surface area contributed by atoms with Gasteiger partial charge in [0, 0.05) is 6.04 Å². The van der Waals surface area contributed by atoms with Crippen LogP contribution < -0.4 is 5.73 Å². The number of rotatable bonds is 1. The average Bonchev–Trinajstić information content (AvgIpc) is 2.17. The first-order valence-corrected chi connectivity index (χ1v) is 3.38. The molecule has 4 atom stereocenters. The van der Waals surface area contributed by atoms with E-state index in [1.54, 1.807) is 0 Å². The monoisotopic (exact) mass is 161 g/mol. The highest BCUT2D eigenvalue weighted by Gasteiger charge is 2.43. The summed E-state index contributed by atoms with van der Waals surface area (Å²) in [6.45, 7) is 0. The number of aliphatic hydroxyl groups is 2. The molecule has 1 fully saturated rings. The summed E-state index contributed by atoms with van der Waals surface area (Å²) in [7, 11) is 0. The third kappa shape index (κ3) is 1.35. The van der Waals surface area contributed by atoms with Crippen molar-refractivity contribution >= 4 is 5.97 Å². The van der Waals surface area contributed by atoms with Gasteiger partial charge in [-0.05, 0) is 6.42 Å². The summed E-state index contributed by atoms with van der Waals surface area (Å²) in [6, 6.07) is -0.619. The molecule has 0 aromatic rings. The first-order chi connectivity index (χ1) is 5.04. The minimum absolute atomic E-state index is 0.137. The van der Waals surface area contributed by atoms with Gasteiger partial charge in [-0.25, -0.2) is 0 Å². The van der Waals surface area contributed by atoms with Gasteiger partial charge in [-0.15, -0.1) is 0 Å². The van der Waals surface area contributed by atoms with Crippen LogP contribution in [0.2, 0.25) is 0 Å². The molecule has 0 aliphatic heterocycles. The van der Waals surface area contributed by atoms with Crippen LogP contribution in [-0.4, -0.2) is 39.5 Å². The molecule has 64 valence electrons. The Morgan fingerprint density at radius 2 is 1.91 bits per heavy atom. The number of aliphatic hydroxyl groups excluding tert-OH is 2. The molecule has 0 amide bonds. The fraction of sp³-hybridized carbons (Fsp3) is 0.833. The summed E-state index contributed by atoms with van der Waals surface area (Å²) in [5.41, 5.74) is 5.32. The minimum Gasteiger partial charge on any atom is -0.481 e. The minimum atomic E-state index is -1.22. The lowest BCUT2D eigenvalue weighted by molar-refractivity contribution is -0.145. The van der Waals surface area contributed by atoms with Gasteiger partial charge in [0.2, 0.25) is 0 Å². The molecule has 1 aliphatic rings. The maximum Gasteiger partial charge on any atom is 0.309 e. The summed E-state index contributed by atoms with van der Waals surface area (Å²) in [5.74, 6) is -2.02. The zero-order valence-corrected chi connectivity index (χ0v) is 5.84. The quantitative estimate of drug-likeness (QED) is 0.361. The Bertz CT molecular complexity index is 172. The van der Waals surface area contributed by atoms with Crippen LogP contribution in [0.25, 0.3) is 0 Å². The average molecular weight is 161 g/mol. The van der Waals surface area contributed by atoms with Crippen molar-refractivity contribution in [1.29, 1.82) is 0 Å². The van der Waals surface area contributed by atoms with Crippen LogP contribution in [0.4, 0.5) is 0 Å². The number of carboxylic acid groups (broad SMARTS) is 1. The molecule has 0 saturated heterocycles. The molecule has 5 nitrogen and oxygen atoms in total. The molecule has 1 saturated carbocycles. The van der Waals surface area contributed by atoms with Gasteiger partial charge in [-0.1, -0.05) is 0 Å². The zero-order chi connectivity index (χ0) is 8.59. The maximum atomic E-state index is 10.4. The van der Waals surface area contributed by atoms with Gasteiger partial charge in [-0.3, -0.25) is 4.79 Å². The van der Waals surface area contributed by atoms with Crippen molar-refractivity contribution in [1.82, 2.24) is 0 Å². The predicted molar refractivity (Wildman–Crippen MR) is 35.7 cm³/mol. The highest BCUT2D eigenvalue weighted by molar-refractivity contribution is 5.71. The largest absolute Gasteiger partial charge is 0.481 e. The fourth-order valence-corrected chi connectivity index (χ4v) is 1.31. The van der Waals surface area contributed by atoms with E-state index in [0.29, 0.717) is 0 Å². The van der Waals surface area contributed by atoms with Gasteiger partial charge in [-0.2, -0.15) is 0 Å². The normalized spacial score (nSPS) is 44.3. The Morgan fingerprint density at radius 1 is 1.36 bits per heavy atom. The topological polar surface area (TPSA) is 104 Å². The molecule has 0 bridgehead atoms. The van der Waals surface area contributed by atoms with Crippen LogP contribution in [0.15, 0.2) is 0 Å². The summed E-state index contributed by atoms with van der Waals surface area (Å²) in [4.78, 5) is 10.4. The van der Waals surface area contributed by atoms with E-state index in [4.69, 9.17) is 21.1 Å². The second kappa shape index (κ2) is 2.77. The molecule has 0 spiro atoms. The molecule has 5 N–H and O–H groups in total. The second-order valence-electron chi connectivity index (χ2n) is 2.83. The lowest BCUT2D eigenvalue weighted by Crippen LogP contribution is -2.36. The van der Waals surface area contributed by atoms with E-state index in [-0.39, 0.29) is 6.42 Å². The Hall–Kier alpha value is -0.650. The first kappa shape index (κ1) is 8.45. The van der Waals surface area contributed by atoms with Gasteiger partial charge in [0.15, 0.2) is 0 Å². The van der Waals surface area contributed by atoms with Crippen molar-refractivity contribution in [2.24, 2.45) is 11.7 Å². The van der Waals surface area contributed by atoms with E-state index >= 15 is 0 Å². The molecule has 1 aliphatic carbocycles. The Morgan fingerprint density at radius 3 is 2.09 bits per heavy atom. The van der Waals surface area contributed by atoms with Crippen LogP contribution in [0, 0.1) is 5.92 Å². The smallest absolute Gasteiger partial charge is 0.309 e. The molecule has 11 heavy (non-hydrogen) atoms. The number of hydrogen-bond acceptors (Lipinski definition) is 4. The van der Waals surface area contributed by atoms with Crippen LogP contribution in [0.3, 0.4) is 0 Å². The summed E-state index contributed by atoms with van der Waals surface area (Å²) in [6.07, 6.45) is -2.18. The van der Waals surface area contributed by atoms with Crippen molar-refractivity contribution in [2.75, 3.05) is 0 Å². The molecule has 3 unspecified atom stereocenters. The van der Waals surface area contributed by atoms with Gasteiger partial charge >= 0.3 is 5.97 Å². The van der Waals surface area contributed by atoms with E-state index in [1.807, 2.05) is 0 Å². The van der Waals surface area contributed by atoms with Crippen LogP contribution >= 0.6 is 0 Å². The van der Waals surface area contributed by atoms with Crippen LogP contribution in [-0.2, 0) is 4.79 Å². The molecule has 0 radical (unpaired) electrons. The van der Waals surface area contributed by atoms with E-state index in [1.165, 1.54) is 0 Å². The van der Waals surface area contributed by atoms with Crippen LogP contribution in [0.5, 0.6) is 0 Å². The van der Waals surface area contributed by atoms with E-state index in [0.717, 1.165) is 0 Å². The van der Waals surface area contributed by atoms with E-state index in [2.05, 4.69) is 0 Å². The number of nitrogens with two attached hydrogens (primary N) is 1. The third-order valence-electron chi connectivity index (χ3n) is 2.04. The molecule has 0 aromatic carbocycles. The number of aliphatic carboxylic acids is 1. The third-order valence-corrected chi connectivity index (χ3v) is 2.04. The van der Waals surface area contributed by atoms with Gasteiger partial charge < -0.3 is 21.1 Å². The van der Waals surface area contributed by atoms with E-state index in [9.17, 15) is 4.79 Å². The Labute approximate surface area is 63.4 Å². The van der Waals surface area contributed by atoms with Crippen molar-refractivity contribution in [3.63, 3.8) is 0 Å². The summed E-state index contributed by atoms with van der Waals surface area (Å²) in [5, 5.41) is 26.6. The fourth-order valence-electron chi connectivity index (χ4n) is 1.31. The lowest BCUT2D eigenvalue weighted by Gasteiger charge is -2.12. The standard InChI is InChI=1S/C6H11NO4/c7-3-1-2(6(10)11)4(8)5(3)9/h2-5,8-9H,1,7H2,(H,10,11)/t2-,3?,4?,5?/m0/s1. The predicted octanol–water partition coefficient (Wildman–Crippen LogP) is -1.86. The summed E-state index contributed by atoms with van der Waals surface area (Å²) >= 11 is 0. The van der Waals surface area contributed by atoms with Crippen molar-refractivity contribution in [3.05, 3.63) is 0 Å². The Kier molecular flexibility index (Phi) is 2.12. The molecule has 0 aromatic heterocycles. The highest BCUT2D eigenvalue weighted by atomic mass is 16.4. The van der Waals surface area contributed by atoms with Crippen molar-refractivity contribution < 1.29 is 20.1 Å². The van der Waals surface area contributed by atoms with Crippen molar-refractivity contribution in [3.8, 4) is 0 Å². The maximum absolute atomic E-state index is 10.4. The molecular formula is C6H11NO4. The lowest BCUT2D eigenvalue weighted by atomic mass is 10.1. The van der Waals surface area contributed by atoms with Crippen LogP contribution in [0.1, 0.15) is 6.42 Å².